The van der Waals surface area contributed by atoms with Gasteiger partial charge < -0.3 is 9.16 Å². The van der Waals surface area contributed by atoms with Crippen LogP contribution in [0.5, 0.6) is 0 Å². The summed E-state index contributed by atoms with van der Waals surface area (Å²) < 4.78 is 10.9. The lowest BCUT2D eigenvalue weighted by molar-refractivity contribution is -0.137. The van der Waals surface area contributed by atoms with Crippen LogP contribution >= 0.6 is 0 Å². The van der Waals surface area contributed by atoms with Crippen LogP contribution in [-0.2, 0) is 14.0 Å². The van der Waals surface area contributed by atoms with Crippen molar-refractivity contribution in [2.45, 2.75) is 51.4 Å². The molecule has 82 valence electrons. The fraction of sp³-hybridized carbons (Fsp3) is 0.900. The first-order chi connectivity index (χ1) is 6.22. The van der Waals surface area contributed by atoms with Crippen molar-refractivity contribution < 1.29 is 14.0 Å². The number of hydrogen-bond acceptors (Lipinski definition) is 3. The van der Waals surface area contributed by atoms with Crippen LogP contribution in [-0.4, -0.2) is 27.0 Å². The molecule has 1 atom stereocenters. The molecule has 0 bridgehead atoms. The van der Waals surface area contributed by atoms with E-state index in [2.05, 4.69) is 33.9 Å². The fourth-order valence-electron chi connectivity index (χ4n) is 1.16. The quantitative estimate of drug-likeness (QED) is 0.525. The second kappa shape index (κ2) is 3.66. The van der Waals surface area contributed by atoms with E-state index < -0.39 is 8.32 Å². The van der Waals surface area contributed by atoms with E-state index in [9.17, 15) is 4.79 Å². The number of rotatable bonds is 2. The van der Waals surface area contributed by atoms with Crippen molar-refractivity contribution >= 4 is 14.3 Å². The van der Waals surface area contributed by atoms with Crippen molar-refractivity contribution in [1.29, 1.82) is 0 Å². The van der Waals surface area contributed by atoms with Gasteiger partial charge in [-0.25, -0.2) is 0 Å². The van der Waals surface area contributed by atoms with Gasteiger partial charge in [0.1, 0.15) is 6.61 Å². The number of cyclic esters (lactones) is 1. The van der Waals surface area contributed by atoms with E-state index in [0.29, 0.717) is 13.0 Å². The first-order valence-electron chi connectivity index (χ1n) is 5.06. The third-order valence-corrected chi connectivity index (χ3v) is 7.63. The molecule has 1 aliphatic heterocycles. The minimum absolute atomic E-state index is 0.0107. The second-order valence-corrected chi connectivity index (χ2v) is 10.1. The number of carbonyl (C=O) groups excluding carboxylic acids is 1. The van der Waals surface area contributed by atoms with Crippen LogP contribution in [0.2, 0.25) is 18.1 Å². The average Bonchev–Trinajstić information content (AvgIpc) is 2.31. The van der Waals surface area contributed by atoms with Crippen LogP contribution in [0.4, 0.5) is 0 Å². The summed E-state index contributed by atoms with van der Waals surface area (Å²) in [6, 6.07) is 0. The number of hydrogen-bond donors (Lipinski definition) is 0. The highest BCUT2D eigenvalue weighted by molar-refractivity contribution is 6.74. The maximum atomic E-state index is 10.9. The average molecular weight is 216 g/mol. The lowest BCUT2D eigenvalue weighted by Crippen LogP contribution is -2.44. The van der Waals surface area contributed by atoms with Crippen LogP contribution < -0.4 is 0 Å². The Morgan fingerprint density at radius 3 is 2.36 bits per heavy atom. The zero-order chi connectivity index (χ0) is 11.0. The highest BCUT2D eigenvalue weighted by atomic mass is 28.4. The molecular weight excluding hydrogens is 196 g/mol. The fourth-order valence-corrected chi connectivity index (χ4v) is 2.50. The van der Waals surface area contributed by atoms with Crippen molar-refractivity contribution in [2.75, 3.05) is 6.61 Å². The molecule has 1 fully saturated rings. The Kier molecular flexibility index (Phi) is 3.06. The highest BCUT2D eigenvalue weighted by Gasteiger charge is 2.41. The molecule has 0 radical (unpaired) electrons. The minimum atomic E-state index is -1.73. The van der Waals surface area contributed by atoms with Gasteiger partial charge in [0.2, 0.25) is 0 Å². The Morgan fingerprint density at radius 1 is 1.43 bits per heavy atom. The SMILES string of the molecule is CC(C)(C)[Si](C)(C)O[C@@H]1COC(=O)C1. The minimum Gasteiger partial charge on any atom is -0.463 e. The molecule has 4 heteroatoms. The molecule has 0 aromatic rings. The van der Waals surface area contributed by atoms with Crippen LogP contribution in [0.3, 0.4) is 0 Å². The molecule has 3 nitrogen and oxygen atoms in total. The van der Waals surface area contributed by atoms with Gasteiger partial charge in [0.05, 0.1) is 12.5 Å². The summed E-state index contributed by atoms with van der Waals surface area (Å²) in [6.07, 6.45) is 0.412. The maximum Gasteiger partial charge on any atom is 0.308 e. The monoisotopic (exact) mass is 216 g/mol. The van der Waals surface area contributed by atoms with Crippen LogP contribution in [0, 0.1) is 0 Å². The van der Waals surface area contributed by atoms with Gasteiger partial charge in [0.15, 0.2) is 8.32 Å². The van der Waals surface area contributed by atoms with Crippen molar-refractivity contribution in [3.05, 3.63) is 0 Å². The maximum absolute atomic E-state index is 10.9. The van der Waals surface area contributed by atoms with E-state index in [4.69, 9.17) is 9.16 Å². The standard InChI is InChI=1S/C10H20O3Si/c1-10(2,3)14(4,5)13-8-6-9(11)12-7-8/h8H,6-7H2,1-5H3/t8-/m0/s1. The van der Waals surface area contributed by atoms with Crippen LogP contribution in [0.1, 0.15) is 27.2 Å². The molecule has 1 saturated heterocycles. The van der Waals surface area contributed by atoms with Gasteiger partial charge >= 0.3 is 5.97 Å². The predicted octanol–water partition coefficient (Wildman–Crippen LogP) is 2.32. The van der Waals surface area contributed by atoms with Gasteiger partial charge in [-0.1, -0.05) is 20.8 Å². The molecule has 0 unspecified atom stereocenters. The Hall–Kier alpha value is -0.353. The Morgan fingerprint density at radius 2 is 2.00 bits per heavy atom. The lowest BCUT2D eigenvalue weighted by Gasteiger charge is -2.37. The molecule has 0 saturated carbocycles. The topological polar surface area (TPSA) is 35.5 Å². The van der Waals surface area contributed by atoms with E-state index >= 15 is 0 Å². The molecule has 0 amide bonds. The predicted molar refractivity (Wildman–Crippen MR) is 57.6 cm³/mol. The summed E-state index contributed by atoms with van der Waals surface area (Å²) >= 11 is 0. The Balaban J connectivity index is 2.55. The number of carbonyl (C=O) groups is 1. The third kappa shape index (κ3) is 2.57. The number of ether oxygens (including phenoxy) is 1. The number of esters is 1. The van der Waals surface area contributed by atoms with Crippen molar-refractivity contribution in [2.24, 2.45) is 0 Å². The van der Waals surface area contributed by atoms with Gasteiger partial charge in [-0.2, -0.15) is 0 Å². The van der Waals surface area contributed by atoms with Gasteiger partial charge in [0, 0.05) is 0 Å². The molecule has 0 aromatic carbocycles. The van der Waals surface area contributed by atoms with Crippen molar-refractivity contribution in [3.8, 4) is 0 Å². The van der Waals surface area contributed by atoms with E-state index in [-0.39, 0.29) is 17.1 Å². The second-order valence-electron chi connectivity index (χ2n) is 5.39. The zero-order valence-electron chi connectivity index (χ0n) is 9.72. The summed E-state index contributed by atoms with van der Waals surface area (Å²) in [7, 11) is -1.73. The molecule has 1 rings (SSSR count). The van der Waals surface area contributed by atoms with Gasteiger partial charge in [0.25, 0.3) is 0 Å². The molecule has 0 N–H and O–H groups in total. The molecule has 0 aliphatic carbocycles. The van der Waals surface area contributed by atoms with E-state index in [1.165, 1.54) is 0 Å². The van der Waals surface area contributed by atoms with Crippen LogP contribution in [0.15, 0.2) is 0 Å². The van der Waals surface area contributed by atoms with Crippen molar-refractivity contribution in [1.82, 2.24) is 0 Å². The molecule has 1 heterocycles. The normalized spacial score (nSPS) is 23.8. The first kappa shape index (κ1) is 11.7. The first-order valence-corrected chi connectivity index (χ1v) is 7.97. The van der Waals surface area contributed by atoms with Gasteiger partial charge in [-0.05, 0) is 18.1 Å². The summed E-state index contributed by atoms with van der Waals surface area (Å²) in [4.78, 5) is 10.9. The van der Waals surface area contributed by atoms with Gasteiger partial charge in [-0.3, -0.25) is 4.79 Å². The molecular formula is C10H20O3Si. The van der Waals surface area contributed by atoms with Gasteiger partial charge in [-0.15, -0.1) is 0 Å². The van der Waals surface area contributed by atoms with E-state index in [1.807, 2.05) is 0 Å². The van der Waals surface area contributed by atoms with E-state index in [0.717, 1.165) is 0 Å². The van der Waals surface area contributed by atoms with Crippen molar-refractivity contribution in [3.63, 3.8) is 0 Å². The summed E-state index contributed by atoms with van der Waals surface area (Å²) in [5.41, 5.74) is 0. The molecule has 0 aromatic heterocycles. The molecule has 0 spiro atoms. The third-order valence-electron chi connectivity index (χ3n) is 3.09. The molecule has 14 heavy (non-hydrogen) atoms. The highest BCUT2D eigenvalue weighted by Crippen LogP contribution is 2.38. The molecule has 1 aliphatic rings. The van der Waals surface area contributed by atoms with Crippen LogP contribution in [0.25, 0.3) is 0 Å². The lowest BCUT2D eigenvalue weighted by atomic mass is 10.2. The zero-order valence-corrected chi connectivity index (χ0v) is 10.7. The van der Waals surface area contributed by atoms with E-state index in [1.54, 1.807) is 0 Å². The largest absolute Gasteiger partial charge is 0.463 e. The smallest absolute Gasteiger partial charge is 0.308 e. The summed E-state index contributed by atoms with van der Waals surface area (Å²) in [5.74, 6) is -0.131. The summed E-state index contributed by atoms with van der Waals surface area (Å²) in [5, 5.41) is 0.193. The summed E-state index contributed by atoms with van der Waals surface area (Å²) in [6.45, 7) is 11.4. The Labute approximate surface area is 86.9 Å². The Bertz CT molecular complexity index is 230.